The topological polar surface area (TPSA) is 66.4 Å². The van der Waals surface area contributed by atoms with Crippen molar-refractivity contribution in [3.05, 3.63) is 24.3 Å². The molecular formula is C49H93NO3. The fraction of sp³-hybridized carbons (Fsp3) is 0.878. The molecule has 0 heterocycles. The maximum absolute atomic E-state index is 12.4. The highest BCUT2D eigenvalue weighted by molar-refractivity contribution is 5.78. The molecule has 0 unspecified atom stereocenters. The Kier molecular flexibility index (Phi) is 43.8. The third-order valence-electron chi connectivity index (χ3n) is 11.0. The van der Waals surface area contributed by atoms with Crippen LogP contribution < -0.4 is 5.32 Å². The number of unbranched alkanes of at least 4 members (excludes halogenated alkanes) is 30. The van der Waals surface area contributed by atoms with Gasteiger partial charge in [0.15, 0.2) is 0 Å². The minimum Gasteiger partial charge on any atom is -0.394 e. The van der Waals surface area contributed by atoms with Gasteiger partial charge in [-0.05, 0) is 57.8 Å². The number of carbonyl (C=O) groups excluding carboxylic acids is 2. The Morgan fingerprint density at radius 1 is 0.434 bits per heavy atom. The number of Topliss-reactive ketones (excluding diaryl/α,β-unsaturated/α-hetero) is 1. The summed E-state index contributed by atoms with van der Waals surface area (Å²) < 4.78 is 0. The molecule has 0 saturated heterocycles. The van der Waals surface area contributed by atoms with E-state index >= 15 is 0 Å². The molecule has 0 aliphatic carbocycles. The van der Waals surface area contributed by atoms with Crippen LogP contribution in [0, 0.1) is 0 Å². The van der Waals surface area contributed by atoms with Crippen molar-refractivity contribution in [2.24, 2.45) is 0 Å². The molecule has 0 fully saturated rings. The minimum atomic E-state index is -0.0821. The Hall–Kier alpha value is -1.42. The molecule has 0 aliphatic rings. The van der Waals surface area contributed by atoms with E-state index in [1.54, 1.807) is 0 Å². The van der Waals surface area contributed by atoms with Gasteiger partial charge in [0, 0.05) is 19.3 Å². The lowest BCUT2D eigenvalue weighted by atomic mass is 10.0. The molecule has 0 spiro atoms. The summed E-state index contributed by atoms with van der Waals surface area (Å²) in [5.41, 5.74) is 0. The average Bonchev–Trinajstić information content (AvgIpc) is 3.16. The molecule has 0 rings (SSSR count). The first-order valence-corrected chi connectivity index (χ1v) is 23.9. The van der Waals surface area contributed by atoms with E-state index in [2.05, 4.69) is 43.5 Å². The zero-order valence-corrected chi connectivity index (χ0v) is 35.9. The number of allylic oxidation sites excluding steroid dienone is 4. The molecule has 312 valence electrons. The summed E-state index contributed by atoms with van der Waals surface area (Å²) in [5.74, 6) is 0.562. The number of carbonyl (C=O) groups is 2. The van der Waals surface area contributed by atoms with Crippen molar-refractivity contribution in [2.75, 3.05) is 6.61 Å². The highest BCUT2D eigenvalue weighted by Gasteiger charge is 2.11. The summed E-state index contributed by atoms with van der Waals surface area (Å²) >= 11 is 0. The molecule has 1 atom stereocenters. The molecule has 0 bridgehead atoms. The second-order valence-corrected chi connectivity index (χ2v) is 16.4. The molecule has 53 heavy (non-hydrogen) atoms. The van der Waals surface area contributed by atoms with Gasteiger partial charge in [-0.1, -0.05) is 212 Å². The van der Waals surface area contributed by atoms with Crippen LogP contribution in [0.5, 0.6) is 0 Å². The number of aliphatic hydroxyl groups excluding tert-OH is 1. The second kappa shape index (κ2) is 45.0. The fourth-order valence-electron chi connectivity index (χ4n) is 7.37. The van der Waals surface area contributed by atoms with Crippen molar-refractivity contribution in [3.8, 4) is 0 Å². The van der Waals surface area contributed by atoms with E-state index in [4.69, 9.17) is 0 Å². The average molecular weight is 744 g/mol. The summed E-state index contributed by atoms with van der Waals surface area (Å²) in [6, 6.07) is -0.0821. The first-order valence-electron chi connectivity index (χ1n) is 23.9. The first-order chi connectivity index (χ1) is 26.1. The predicted molar refractivity (Wildman–Crippen MR) is 234 cm³/mol. The summed E-state index contributed by atoms with van der Waals surface area (Å²) in [6.45, 7) is 4.59. The van der Waals surface area contributed by atoms with E-state index in [1.165, 1.54) is 180 Å². The quantitative estimate of drug-likeness (QED) is 0.0482. The van der Waals surface area contributed by atoms with Crippen LogP contribution in [0.15, 0.2) is 24.3 Å². The van der Waals surface area contributed by atoms with Gasteiger partial charge >= 0.3 is 0 Å². The molecule has 0 aromatic heterocycles. The number of hydrogen-bond donors (Lipinski definition) is 2. The van der Waals surface area contributed by atoms with E-state index in [1.807, 2.05) is 0 Å². The summed E-state index contributed by atoms with van der Waals surface area (Å²) in [7, 11) is 0. The third-order valence-corrected chi connectivity index (χ3v) is 11.0. The fourth-order valence-corrected chi connectivity index (χ4v) is 7.37. The van der Waals surface area contributed by atoms with Gasteiger partial charge in [-0.15, -0.1) is 0 Å². The number of ketones is 1. The molecular weight excluding hydrogens is 651 g/mol. The van der Waals surface area contributed by atoms with Crippen molar-refractivity contribution in [2.45, 2.75) is 270 Å². The standard InChI is InChI=1S/C49H93NO3/c1-3-5-7-9-11-13-15-17-19-21-22-24-26-30-34-38-42-47(46-51)50-49(53)45-41-37-33-29-28-32-36-40-44-48(52)43-39-35-31-27-25-23-20-18-16-14-12-10-8-6-4-2/h12,14,18,20,47,51H,3-11,13,15-17,19,21-46H2,1-2H3,(H,50,53)/b14-12-,20-18-/t47-/m0/s1. The minimum absolute atomic E-state index is 0.0479. The van der Waals surface area contributed by atoms with Gasteiger partial charge in [0.2, 0.25) is 5.91 Å². The van der Waals surface area contributed by atoms with Crippen LogP contribution in [0.25, 0.3) is 0 Å². The monoisotopic (exact) mass is 744 g/mol. The number of hydrogen-bond acceptors (Lipinski definition) is 3. The highest BCUT2D eigenvalue weighted by Crippen LogP contribution is 2.16. The van der Waals surface area contributed by atoms with Gasteiger partial charge in [-0.25, -0.2) is 0 Å². The van der Waals surface area contributed by atoms with E-state index in [0.717, 1.165) is 64.2 Å². The maximum atomic E-state index is 12.4. The zero-order valence-electron chi connectivity index (χ0n) is 35.9. The Balaban J connectivity index is 3.44. The zero-order chi connectivity index (χ0) is 38.6. The lowest BCUT2D eigenvalue weighted by molar-refractivity contribution is -0.122. The van der Waals surface area contributed by atoms with Crippen LogP contribution in [0.2, 0.25) is 0 Å². The van der Waals surface area contributed by atoms with E-state index in [9.17, 15) is 14.7 Å². The number of aliphatic hydroxyl groups is 1. The highest BCUT2D eigenvalue weighted by atomic mass is 16.3. The molecule has 0 aliphatic heterocycles. The largest absolute Gasteiger partial charge is 0.394 e. The first kappa shape index (κ1) is 51.6. The van der Waals surface area contributed by atoms with E-state index in [-0.39, 0.29) is 18.6 Å². The van der Waals surface area contributed by atoms with Crippen molar-refractivity contribution in [3.63, 3.8) is 0 Å². The molecule has 0 saturated carbocycles. The van der Waals surface area contributed by atoms with Crippen LogP contribution >= 0.6 is 0 Å². The van der Waals surface area contributed by atoms with Gasteiger partial charge in [-0.3, -0.25) is 9.59 Å². The molecule has 4 nitrogen and oxygen atoms in total. The molecule has 1 amide bonds. The summed E-state index contributed by atoms with van der Waals surface area (Å²) in [6.07, 6.45) is 56.7. The maximum Gasteiger partial charge on any atom is 0.220 e. The third kappa shape index (κ3) is 43.2. The lowest BCUT2D eigenvalue weighted by Crippen LogP contribution is -2.37. The number of amides is 1. The van der Waals surface area contributed by atoms with Gasteiger partial charge in [0.05, 0.1) is 12.6 Å². The van der Waals surface area contributed by atoms with Crippen LogP contribution in [-0.4, -0.2) is 29.4 Å². The van der Waals surface area contributed by atoms with Crippen molar-refractivity contribution in [1.29, 1.82) is 0 Å². The SMILES string of the molecule is CCCCC/C=C\C/C=C\CCCCCCCC(=O)CCCCCCCCCCC(=O)N[C@H](CO)CCCCCCCCCCCCCCCCCC. The normalized spacial score (nSPS) is 12.4. The van der Waals surface area contributed by atoms with Gasteiger partial charge in [0.25, 0.3) is 0 Å². The Labute approximate surface area is 332 Å². The van der Waals surface area contributed by atoms with Gasteiger partial charge in [-0.2, -0.15) is 0 Å². The van der Waals surface area contributed by atoms with Crippen molar-refractivity contribution < 1.29 is 14.7 Å². The Morgan fingerprint density at radius 2 is 0.774 bits per heavy atom. The van der Waals surface area contributed by atoms with Gasteiger partial charge < -0.3 is 10.4 Å². The van der Waals surface area contributed by atoms with Crippen molar-refractivity contribution in [1.82, 2.24) is 5.32 Å². The van der Waals surface area contributed by atoms with Gasteiger partial charge in [0.1, 0.15) is 5.78 Å². The Morgan fingerprint density at radius 3 is 1.21 bits per heavy atom. The summed E-state index contributed by atoms with van der Waals surface area (Å²) in [4.78, 5) is 24.6. The molecule has 2 N–H and O–H groups in total. The molecule has 4 heteroatoms. The van der Waals surface area contributed by atoms with Crippen LogP contribution in [0.4, 0.5) is 0 Å². The summed E-state index contributed by atoms with van der Waals surface area (Å²) in [5, 5.41) is 12.8. The van der Waals surface area contributed by atoms with Crippen LogP contribution in [0.1, 0.15) is 264 Å². The van der Waals surface area contributed by atoms with Crippen LogP contribution in [-0.2, 0) is 9.59 Å². The lowest BCUT2D eigenvalue weighted by Gasteiger charge is -2.16. The Bertz CT molecular complexity index is 806. The smallest absolute Gasteiger partial charge is 0.220 e. The van der Waals surface area contributed by atoms with E-state index < -0.39 is 0 Å². The number of rotatable bonds is 44. The second-order valence-electron chi connectivity index (χ2n) is 16.4. The van der Waals surface area contributed by atoms with E-state index in [0.29, 0.717) is 12.2 Å². The van der Waals surface area contributed by atoms with Crippen molar-refractivity contribution >= 4 is 11.7 Å². The molecule has 0 radical (unpaired) electrons. The molecule has 0 aromatic rings. The number of nitrogens with one attached hydrogen (secondary N) is 1. The predicted octanol–water partition coefficient (Wildman–Crippen LogP) is 15.4. The molecule has 0 aromatic carbocycles. The van der Waals surface area contributed by atoms with Crippen LogP contribution in [0.3, 0.4) is 0 Å².